The molecule has 128 valence electrons. The van der Waals surface area contributed by atoms with Gasteiger partial charge >= 0.3 is 11.9 Å². The zero-order valence-electron chi connectivity index (χ0n) is 13.8. The lowest BCUT2D eigenvalue weighted by Gasteiger charge is -2.33. The minimum Gasteiger partial charge on any atom is -0.479 e. The lowest BCUT2D eigenvalue weighted by atomic mass is 9.92. The largest absolute Gasteiger partial charge is 0.479 e. The van der Waals surface area contributed by atoms with Crippen molar-refractivity contribution in [3.8, 4) is 10.4 Å². The van der Waals surface area contributed by atoms with Gasteiger partial charge in [-0.1, -0.05) is 30.3 Å². The molecule has 0 aliphatic carbocycles. The fourth-order valence-corrected chi connectivity index (χ4v) is 3.14. The summed E-state index contributed by atoms with van der Waals surface area (Å²) >= 11 is 1.60. The molecule has 0 saturated heterocycles. The highest BCUT2D eigenvalue weighted by atomic mass is 32.1. The first-order chi connectivity index (χ1) is 11.1. The zero-order valence-corrected chi connectivity index (χ0v) is 14.6. The normalized spacial score (nSPS) is 12.1. The van der Waals surface area contributed by atoms with Gasteiger partial charge in [0.05, 0.1) is 5.60 Å². The Balaban J connectivity index is 2.32. The lowest BCUT2D eigenvalue weighted by molar-refractivity contribution is -0.199. The van der Waals surface area contributed by atoms with E-state index >= 15 is 0 Å². The van der Waals surface area contributed by atoms with Crippen molar-refractivity contribution in [2.75, 3.05) is 0 Å². The third-order valence-corrected chi connectivity index (χ3v) is 4.30. The number of carbonyl (C=O) groups is 2. The third-order valence-electron chi connectivity index (χ3n) is 3.38. The number of aliphatic carboxylic acids is 2. The molecule has 0 fully saturated rings. The van der Waals surface area contributed by atoms with Crippen LogP contribution in [0.15, 0.2) is 41.8 Å². The summed E-state index contributed by atoms with van der Waals surface area (Å²) < 4.78 is 5.46. The fourth-order valence-electron chi connectivity index (χ4n) is 2.41. The molecule has 24 heavy (non-hydrogen) atoms. The Kier molecular flexibility index (Phi) is 5.11. The van der Waals surface area contributed by atoms with Crippen LogP contribution in [-0.4, -0.2) is 33.4 Å². The molecule has 1 aromatic heterocycles. The Morgan fingerprint density at radius 1 is 1.04 bits per heavy atom. The van der Waals surface area contributed by atoms with E-state index in [-0.39, 0.29) is 6.42 Å². The summed E-state index contributed by atoms with van der Waals surface area (Å²) in [5.41, 5.74) is -1.64. The molecular weight excluding hydrogens is 328 g/mol. The zero-order chi connectivity index (χ0) is 18.0. The maximum atomic E-state index is 11.7. The van der Waals surface area contributed by atoms with Gasteiger partial charge in [0.2, 0.25) is 0 Å². The van der Waals surface area contributed by atoms with E-state index in [1.54, 1.807) is 44.2 Å². The van der Waals surface area contributed by atoms with Gasteiger partial charge in [-0.15, -0.1) is 11.3 Å². The smallest absolute Gasteiger partial charge is 0.348 e. The molecule has 0 bridgehead atoms. The molecule has 2 rings (SSSR count). The van der Waals surface area contributed by atoms with E-state index in [4.69, 9.17) is 4.74 Å². The van der Waals surface area contributed by atoms with E-state index in [0.717, 1.165) is 10.4 Å². The standard InChI is InChI=1S/C18H20O5S/c1-17(2,3)23-18(15(19)20,16(21)22)11-12-6-8-13(9-7-12)14-5-4-10-24-14/h4-10H,11H2,1-3H3,(H,19,20)(H,21,22). The van der Waals surface area contributed by atoms with Crippen LogP contribution in [0.3, 0.4) is 0 Å². The Morgan fingerprint density at radius 3 is 2.04 bits per heavy atom. The van der Waals surface area contributed by atoms with Crippen molar-refractivity contribution in [1.29, 1.82) is 0 Å². The van der Waals surface area contributed by atoms with Crippen LogP contribution in [0.25, 0.3) is 10.4 Å². The molecule has 1 aromatic carbocycles. The summed E-state index contributed by atoms with van der Waals surface area (Å²) in [7, 11) is 0. The monoisotopic (exact) mass is 348 g/mol. The number of hydrogen-bond acceptors (Lipinski definition) is 4. The van der Waals surface area contributed by atoms with Crippen molar-refractivity contribution in [2.24, 2.45) is 0 Å². The van der Waals surface area contributed by atoms with Crippen molar-refractivity contribution in [3.05, 3.63) is 47.3 Å². The summed E-state index contributed by atoms with van der Waals surface area (Å²) in [5, 5.41) is 21.0. The molecule has 5 nitrogen and oxygen atoms in total. The summed E-state index contributed by atoms with van der Waals surface area (Å²) in [5.74, 6) is -3.01. The van der Waals surface area contributed by atoms with Crippen molar-refractivity contribution >= 4 is 23.3 Å². The number of benzene rings is 1. The second-order valence-corrected chi connectivity index (χ2v) is 7.45. The molecule has 0 atom stereocenters. The number of hydrogen-bond donors (Lipinski definition) is 2. The van der Waals surface area contributed by atoms with E-state index in [1.165, 1.54) is 0 Å². The first-order valence-electron chi connectivity index (χ1n) is 7.44. The predicted octanol–water partition coefficient (Wildman–Crippen LogP) is 3.68. The number of carboxylic acids is 2. The first kappa shape index (κ1) is 18.2. The molecule has 0 aliphatic heterocycles. The second kappa shape index (κ2) is 6.75. The molecule has 0 spiro atoms. The van der Waals surface area contributed by atoms with Crippen molar-refractivity contribution < 1.29 is 24.5 Å². The van der Waals surface area contributed by atoms with Gasteiger partial charge in [0, 0.05) is 11.3 Å². The molecule has 2 N–H and O–H groups in total. The second-order valence-electron chi connectivity index (χ2n) is 6.50. The Bertz CT molecular complexity index is 697. The average molecular weight is 348 g/mol. The maximum Gasteiger partial charge on any atom is 0.348 e. The maximum absolute atomic E-state index is 11.7. The van der Waals surface area contributed by atoms with Crippen LogP contribution < -0.4 is 0 Å². The number of ether oxygens (including phenoxy) is 1. The van der Waals surface area contributed by atoms with Gasteiger partial charge in [-0.2, -0.15) is 0 Å². The lowest BCUT2D eigenvalue weighted by Crippen LogP contribution is -2.54. The highest BCUT2D eigenvalue weighted by molar-refractivity contribution is 7.13. The van der Waals surface area contributed by atoms with E-state index in [9.17, 15) is 19.8 Å². The van der Waals surface area contributed by atoms with Gasteiger partial charge < -0.3 is 14.9 Å². The molecule has 0 aliphatic rings. The van der Waals surface area contributed by atoms with Crippen LogP contribution in [0.5, 0.6) is 0 Å². The van der Waals surface area contributed by atoms with Crippen molar-refractivity contribution in [1.82, 2.24) is 0 Å². The van der Waals surface area contributed by atoms with E-state index < -0.39 is 23.1 Å². The molecule has 2 aromatic rings. The fraction of sp³-hybridized carbons (Fsp3) is 0.333. The molecule has 0 amide bonds. The minimum atomic E-state index is -2.32. The van der Waals surface area contributed by atoms with Gasteiger partial charge in [0.15, 0.2) is 0 Å². The predicted molar refractivity (Wildman–Crippen MR) is 92.3 cm³/mol. The SMILES string of the molecule is CC(C)(C)OC(Cc1ccc(-c2cccs2)cc1)(C(=O)O)C(=O)O. The number of carboxylic acid groups (broad SMARTS) is 2. The highest BCUT2D eigenvalue weighted by Gasteiger charge is 2.50. The quantitative estimate of drug-likeness (QED) is 0.778. The van der Waals surface area contributed by atoms with E-state index in [0.29, 0.717) is 5.56 Å². The molecular formula is C18H20O5S. The van der Waals surface area contributed by atoms with Crippen LogP contribution in [0, 0.1) is 0 Å². The minimum absolute atomic E-state index is 0.250. The van der Waals surface area contributed by atoms with Crippen molar-refractivity contribution in [3.63, 3.8) is 0 Å². The molecule has 6 heteroatoms. The van der Waals surface area contributed by atoms with Gasteiger partial charge in [-0.25, -0.2) is 9.59 Å². The molecule has 1 heterocycles. The third kappa shape index (κ3) is 4.01. The van der Waals surface area contributed by atoms with Gasteiger partial charge in [0.1, 0.15) is 0 Å². The Morgan fingerprint density at radius 2 is 1.62 bits per heavy atom. The van der Waals surface area contributed by atoms with Gasteiger partial charge in [-0.3, -0.25) is 0 Å². The summed E-state index contributed by atoms with van der Waals surface area (Å²) in [6.07, 6.45) is -0.250. The van der Waals surface area contributed by atoms with Crippen LogP contribution in [-0.2, 0) is 20.7 Å². The Labute approximate surface area is 144 Å². The number of rotatable bonds is 6. The van der Waals surface area contributed by atoms with E-state index in [2.05, 4.69) is 0 Å². The Hall–Kier alpha value is -2.18. The van der Waals surface area contributed by atoms with Gasteiger partial charge in [-0.05, 0) is 43.3 Å². The number of thiophene rings is 1. The summed E-state index contributed by atoms with van der Waals surface area (Å²) in [4.78, 5) is 24.5. The molecule has 0 saturated carbocycles. The topological polar surface area (TPSA) is 83.8 Å². The molecule has 0 radical (unpaired) electrons. The van der Waals surface area contributed by atoms with Gasteiger partial charge in [0.25, 0.3) is 5.60 Å². The summed E-state index contributed by atoms with van der Waals surface area (Å²) in [6.45, 7) is 4.90. The van der Waals surface area contributed by atoms with Crippen LogP contribution in [0.2, 0.25) is 0 Å². The van der Waals surface area contributed by atoms with Crippen molar-refractivity contribution in [2.45, 2.75) is 38.4 Å². The average Bonchev–Trinajstić information content (AvgIpc) is 2.99. The van der Waals surface area contributed by atoms with Crippen LogP contribution in [0.4, 0.5) is 0 Å². The highest BCUT2D eigenvalue weighted by Crippen LogP contribution is 2.28. The first-order valence-corrected chi connectivity index (χ1v) is 8.32. The molecule has 0 unspecified atom stereocenters. The summed E-state index contributed by atoms with van der Waals surface area (Å²) in [6, 6.07) is 11.1. The van der Waals surface area contributed by atoms with Crippen LogP contribution >= 0.6 is 11.3 Å². The van der Waals surface area contributed by atoms with E-state index in [1.807, 2.05) is 29.6 Å². The van der Waals surface area contributed by atoms with Crippen LogP contribution in [0.1, 0.15) is 26.3 Å².